The maximum absolute atomic E-state index is 13.1. The van der Waals surface area contributed by atoms with E-state index in [4.69, 9.17) is 9.47 Å². The molecule has 28 heavy (non-hydrogen) atoms. The van der Waals surface area contributed by atoms with Gasteiger partial charge in [-0.1, -0.05) is 24.3 Å². The largest absolute Gasteiger partial charge is 0.493 e. The number of aliphatic imine (C=N–C) groups is 1. The molecule has 152 valence electrons. The summed E-state index contributed by atoms with van der Waals surface area (Å²) >= 11 is 0. The van der Waals surface area contributed by atoms with E-state index in [0.717, 1.165) is 37.3 Å². The number of fused-ring (bicyclic) bond motifs is 1. The quantitative estimate of drug-likeness (QED) is 0.348. The van der Waals surface area contributed by atoms with E-state index in [-0.39, 0.29) is 35.9 Å². The molecule has 7 heteroatoms. The lowest BCUT2D eigenvalue weighted by molar-refractivity contribution is 0.106. The Morgan fingerprint density at radius 1 is 1.21 bits per heavy atom. The minimum absolute atomic E-state index is 0. The SMILES string of the molecule is CN=C(NCCc1ccc2c(c1)CCO2)NCC(OC)c1ccc(F)cc1.I. The maximum Gasteiger partial charge on any atom is 0.191 e. The average Bonchev–Trinajstić information content (AvgIpc) is 3.16. The van der Waals surface area contributed by atoms with Crippen molar-refractivity contribution in [2.45, 2.75) is 18.9 Å². The second-order valence-electron chi connectivity index (χ2n) is 6.45. The fraction of sp³-hybridized carbons (Fsp3) is 0.381. The van der Waals surface area contributed by atoms with Gasteiger partial charge in [-0.15, -0.1) is 24.0 Å². The summed E-state index contributed by atoms with van der Waals surface area (Å²) in [5.41, 5.74) is 3.49. The van der Waals surface area contributed by atoms with Crippen LogP contribution in [0.5, 0.6) is 5.75 Å². The molecule has 1 aliphatic rings. The van der Waals surface area contributed by atoms with E-state index in [9.17, 15) is 4.39 Å². The van der Waals surface area contributed by atoms with Gasteiger partial charge >= 0.3 is 0 Å². The first kappa shape index (κ1) is 22.4. The average molecular weight is 499 g/mol. The molecule has 0 radical (unpaired) electrons. The molecule has 1 atom stereocenters. The second-order valence-corrected chi connectivity index (χ2v) is 6.45. The standard InChI is InChI=1S/C21H26FN3O2.HI/c1-23-21(25-14-20(26-2)16-4-6-18(22)7-5-16)24-11-9-15-3-8-19-17(13-15)10-12-27-19;/h3-8,13,20H,9-12,14H2,1-2H3,(H2,23,24,25);1H. The number of nitrogens with zero attached hydrogens (tertiary/aromatic N) is 1. The van der Waals surface area contributed by atoms with Crippen LogP contribution in [0, 0.1) is 5.82 Å². The summed E-state index contributed by atoms with van der Waals surface area (Å²) in [6, 6.07) is 12.7. The van der Waals surface area contributed by atoms with Crippen LogP contribution in [0.4, 0.5) is 4.39 Å². The Morgan fingerprint density at radius 2 is 2.00 bits per heavy atom. The molecule has 1 heterocycles. The molecule has 0 bridgehead atoms. The van der Waals surface area contributed by atoms with E-state index in [1.165, 1.54) is 23.3 Å². The smallest absolute Gasteiger partial charge is 0.191 e. The number of nitrogens with one attached hydrogen (secondary N) is 2. The Hall–Kier alpha value is -1.87. The van der Waals surface area contributed by atoms with Crippen LogP contribution < -0.4 is 15.4 Å². The summed E-state index contributed by atoms with van der Waals surface area (Å²) in [4.78, 5) is 4.25. The van der Waals surface area contributed by atoms with E-state index in [0.29, 0.717) is 12.5 Å². The van der Waals surface area contributed by atoms with Crippen LogP contribution in [0.2, 0.25) is 0 Å². The van der Waals surface area contributed by atoms with Crippen molar-refractivity contribution in [1.82, 2.24) is 10.6 Å². The summed E-state index contributed by atoms with van der Waals surface area (Å²) in [6.07, 6.45) is 1.71. The molecule has 1 unspecified atom stereocenters. The van der Waals surface area contributed by atoms with Crippen LogP contribution in [-0.4, -0.2) is 39.8 Å². The Balaban J connectivity index is 0.00000280. The molecule has 0 spiro atoms. The second kappa shape index (κ2) is 11.2. The zero-order chi connectivity index (χ0) is 19.1. The van der Waals surface area contributed by atoms with Crippen molar-refractivity contribution in [3.63, 3.8) is 0 Å². The predicted octanol–water partition coefficient (Wildman–Crippen LogP) is 3.47. The maximum atomic E-state index is 13.1. The number of hydrogen-bond acceptors (Lipinski definition) is 3. The van der Waals surface area contributed by atoms with Gasteiger partial charge in [-0.25, -0.2) is 4.39 Å². The molecule has 2 aromatic rings. The van der Waals surface area contributed by atoms with Gasteiger partial charge in [0.25, 0.3) is 0 Å². The van der Waals surface area contributed by atoms with Crippen LogP contribution in [-0.2, 0) is 17.6 Å². The molecule has 0 aliphatic carbocycles. The lowest BCUT2D eigenvalue weighted by Crippen LogP contribution is -2.40. The molecule has 0 saturated carbocycles. The van der Waals surface area contributed by atoms with E-state index < -0.39 is 0 Å². The first-order valence-electron chi connectivity index (χ1n) is 9.17. The fourth-order valence-electron chi connectivity index (χ4n) is 3.15. The van der Waals surface area contributed by atoms with Gasteiger partial charge in [0.05, 0.1) is 12.7 Å². The predicted molar refractivity (Wildman–Crippen MR) is 120 cm³/mol. The summed E-state index contributed by atoms with van der Waals surface area (Å²) in [7, 11) is 3.38. The summed E-state index contributed by atoms with van der Waals surface area (Å²) < 4.78 is 24.1. The third kappa shape index (κ3) is 6.07. The highest BCUT2D eigenvalue weighted by atomic mass is 127. The van der Waals surface area contributed by atoms with Crippen molar-refractivity contribution in [2.75, 3.05) is 33.9 Å². The van der Waals surface area contributed by atoms with Gasteiger partial charge in [-0.05, 0) is 41.3 Å². The summed E-state index contributed by atoms with van der Waals surface area (Å²) in [5.74, 6) is 1.47. The van der Waals surface area contributed by atoms with E-state index in [2.05, 4.69) is 33.8 Å². The number of guanidine groups is 1. The van der Waals surface area contributed by atoms with Gasteiger partial charge in [-0.3, -0.25) is 4.99 Å². The lowest BCUT2D eigenvalue weighted by Gasteiger charge is -2.19. The van der Waals surface area contributed by atoms with Gasteiger partial charge in [-0.2, -0.15) is 0 Å². The van der Waals surface area contributed by atoms with Crippen molar-refractivity contribution in [3.05, 3.63) is 65.0 Å². The number of benzene rings is 2. The van der Waals surface area contributed by atoms with Crippen LogP contribution >= 0.6 is 24.0 Å². The van der Waals surface area contributed by atoms with Gasteiger partial charge in [0.15, 0.2) is 5.96 Å². The molecule has 0 saturated heterocycles. The topological polar surface area (TPSA) is 54.9 Å². The number of halogens is 2. The summed E-state index contributed by atoms with van der Waals surface area (Å²) in [5, 5.41) is 6.58. The molecular formula is C21H27FIN3O2. The molecule has 2 N–H and O–H groups in total. The molecule has 1 aliphatic heterocycles. The van der Waals surface area contributed by atoms with E-state index >= 15 is 0 Å². The van der Waals surface area contributed by atoms with Gasteiger partial charge in [0.1, 0.15) is 11.6 Å². The third-order valence-electron chi connectivity index (χ3n) is 4.66. The van der Waals surface area contributed by atoms with Crippen molar-refractivity contribution >= 4 is 29.9 Å². The van der Waals surface area contributed by atoms with E-state index in [1.54, 1.807) is 26.3 Å². The van der Waals surface area contributed by atoms with Crippen molar-refractivity contribution in [2.24, 2.45) is 4.99 Å². The molecule has 0 aromatic heterocycles. The molecule has 0 fully saturated rings. The highest BCUT2D eigenvalue weighted by Crippen LogP contribution is 2.25. The molecule has 5 nitrogen and oxygen atoms in total. The number of hydrogen-bond donors (Lipinski definition) is 2. The van der Waals surface area contributed by atoms with Crippen molar-refractivity contribution < 1.29 is 13.9 Å². The highest BCUT2D eigenvalue weighted by Gasteiger charge is 2.13. The van der Waals surface area contributed by atoms with Gasteiger partial charge in [0, 0.05) is 33.7 Å². The zero-order valence-electron chi connectivity index (χ0n) is 16.2. The minimum Gasteiger partial charge on any atom is -0.493 e. The first-order valence-corrected chi connectivity index (χ1v) is 9.17. The number of ether oxygens (including phenoxy) is 2. The lowest BCUT2D eigenvalue weighted by atomic mass is 10.1. The molecule has 3 rings (SSSR count). The van der Waals surface area contributed by atoms with Crippen molar-refractivity contribution in [3.8, 4) is 5.75 Å². The third-order valence-corrected chi connectivity index (χ3v) is 4.66. The normalized spacial score (nSPS) is 13.9. The van der Waals surface area contributed by atoms with Crippen molar-refractivity contribution in [1.29, 1.82) is 0 Å². The fourth-order valence-corrected chi connectivity index (χ4v) is 3.15. The van der Waals surface area contributed by atoms with Crippen LogP contribution in [0.3, 0.4) is 0 Å². The molecule has 0 amide bonds. The van der Waals surface area contributed by atoms with Gasteiger partial charge < -0.3 is 20.1 Å². The Kier molecular flexibility index (Phi) is 8.98. The Labute approximate surface area is 182 Å². The van der Waals surface area contributed by atoms with E-state index in [1.807, 2.05) is 0 Å². The number of methoxy groups -OCH3 is 1. The minimum atomic E-state index is -0.253. The molecule has 2 aromatic carbocycles. The zero-order valence-corrected chi connectivity index (χ0v) is 18.5. The monoisotopic (exact) mass is 499 g/mol. The highest BCUT2D eigenvalue weighted by molar-refractivity contribution is 14.0. The Morgan fingerprint density at radius 3 is 2.71 bits per heavy atom. The van der Waals surface area contributed by atoms with Crippen LogP contribution in [0.25, 0.3) is 0 Å². The van der Waals surface area contributed by atoms with Crippen LogP contribution in [0.15, 0.2) is 47.5 Å². The summed E-state index contributed by atoms with van der Waals surface area (Å²) in [6.45, 7) is 2.09. The molecular weight excluding hydrogens is 472 g/mol. The number of rotatable bonds is 7. The van der Waals surface area contributed by atoms with Crippen LogP contribution in [0.1, 0.15) is 22.8 Å². The Bertz CT molecular complexity index is 784. The van der Waals surface area contributed by atoms with Gasteiger partial charge in [0.2, 0.25) is 0 Å². The first-order chi connectivity index (χ1) is 13.2.